The van der Waals surface area contributed by atoms with E-state index in [4.69, 9.17) is 0 Å². The van der Waals surface area contributed by atoms with Crippen molar-refractivity contribution in [2.75, 3.05) is 24.7 Å². The van der Waals surface area contributed by atoms with Gasteiger partial charge in [-0.3, -0.25) is 19.2 Å². The van der Waals surface area contributed by atoms with Crippen molar-refractivity contribution >= 4 is 35.0 Å². The summed E-state index contributed by atoms with van der Waals surface area (Å²) in [6.45, 7) is 0. The maximum atomic E-state index is 12.1. The molecule has 4 N–H and O–H groups in total. The molecule has 0 atom stereocenters. The molecule has 0 fully saturated rings. The number of hydrogen-bond acceptors (Lipinski definition) is 4. The number of amides is 4. The van der Waals surface area contributed by atoms with Crippen LogP contribution in [0.1, 0.15) is 40.0 Å². The third-order valence-corrected chi connectivity index (χ3v) is 4.08. The molecule has 0 saturated carbocycles. The quantitative estimate of drug-likeness (QED) is 0.547. The number of hydrogen-bond donors (Lipinski definition) is 4. The lowest BCUT2D eigenvalue weighted by atomic mass is 10.1. The third kappa shape index (κ3) is 6.76. The van der Waals surface area contributed by atoms with E-state index in [1.54, 1.807) is 48.5 Å². The Kier molecular flexibility index (Phi) is 7.90. The summed E-state index contributed by atoms with van der Waals surface area (Å²) in [5.41, 5.74) is 1.94. The summed E-state index contributed by atoms with van der Waals surface area (Å²) < 4.78 is 0. The van der Waals surface area contributed by atoms with E-state index in [2.05, 4.69) is 21.3 Å². The molecule has 29 heavy (non-hydrogen) atoms. The van der Waals surface area contributed by atoms with Crippen molar-refractivity contribution in [1.29, 1.82) is 0 Å². The molecule has 8 nitrogen and oxygen atoms in total. The first-order valence-electron chi connectivity index (χ1n) is 9.17. The van der Waals surface area contributed by atoms with Crippen molar-refractivity contribution in [3.8, 4) is 0 Å². The van der Waals surface area contributed by atoms with Gasteiger partial charge < -0.3 is 21.3 Å². The summed E-state index contributed by atoms with van der Waals surface area (Å²) in [7, 11) is 3.07. The van der Waals surface area contributed by atoms with Gasteiger partial charge in [0.15, 0.2) is 0 Å². The number of anilines is 2. The summed E-state index contributed by atoms with van der Waals surface area (Å²) in [4.78, 5) is 47.4. The normalized spacial score (nSPS) is 10.0. The van der Waals surface area contributed by atoms with Crippen LogP contribution in [0.4, 0.5) is 11.4 Å². The zero-order chi connectivity index (χ0) is 21.2. The molecule has 2 aromatic carbocycles. The first kappa shape index (κ1) is 21.6. The van der Waals surface area contributed by atoms with Gasteiger partial charge in [-0.2, -0.15) is 0 Å². The second-order valence-corrected chi connectivity index (χ2v) is 6.27. The van der Waals surface area contributed by atoms with Crippen LogP contribution in [-0.4, -0.2) is 37.7 Å². The molecule has 2 aromatic rings. The molecular formula is C21H24N4O4. The maximum Gasteiger partial charge on any atom is 0.251 e. The second-order valence-electron chi connectivity index (χ2n) is 6.27. The van der Waals surface area contributed by atoms with Crippen molar-refractivity contribution in [1.82, 2.24) is 10.6 Å². The van der Waals surface area contributed by atoms with E-state index >= 15 is 0 Å². The van der Waals surface area contributed by atoms with E-state index in [9.17, 15) is 19.2 Å². The highest BCUT2D eigenvalue weighted by Gasteiger charge is 2.09. The van der Waals surface area contributed by atoms with E-state index in [1.165, 1.54) is 14.1 Å². The Morgan fingerprint density at radius 1 is 0.690 bits per heavy atom. The number of carbonyl (C=O) groups is 4. The average Bonchev–Trinajstić information content (AvgIpc) is 2.72. The van der Waals surface area contributed by atoms with Crippen molar-refractivity contribution in [3.05, 3.63) is 59.7 Å². The topological polar surface area (TPSA) is 116 Å². The van der Waals surface area contributed by atoms with E-state index in [0.717, 1.165) is 0 Å². The highest BCUT2D eigenvalue weighted by molar-refractivity contribution is 5.98. The lowest BCUT2D eigenvalue weighted by molar-refractivity contribution is -0.117. The van der Waals surface area contributed by atoms with Gasteiger partial charge in [-0.1, -0.05) is 12.1 Å². The average molecular weight is 396 g/mol. The molecule has 4 amide bonds. The van der Waals surface area contributed by atoms with Crippen LogP contribution in [0.2, 0.25) is 0 Å². The number of carbonyl (C=O) groups excluding carboxylic acids is 4. The molecule has 0 spiro atoms. The fraction of sp³-hybridized carbons (Fsp3) is 0.238. The predicted molar refractivity (Wildman–Crippen MR) is 111 cm³/mol. The molecule has 0 radical (unpaired) electrons. The minimum atomic E-state index is -0.242. The molecule has 0 saturated heterocycles. The Labute approximate surface area is 169 Å². The fourth-order valence-corrected chi connectivity index (χ4v) is 2.62. The summed E-state index contributed by atoms with van der Waals surface area (Å²) in [5.74, 6) is -0.960. The maximum absolute atomic E-state index is 12.1. The molecule has 8 heteroatoms. The van der Waals surface area contributed by atoms with E-state index in [-0.39, 0.29) is 36.5 Å². The summed E-state index contributed by atoms with van der Waals surface area (Å²) in [5, 5.41) is 10.5. The smallest absolute Gasteiger partial charge is 0.251 e. The van der Waals surface area contributed by atoms with Gasteiger partial charge in [-0.15, -0.1) is 0 Å². The van der Waals surface area contributed by atoms with Crippen molar-refractivity contribution in [2.24, 2.45) is 0 Å². The lowest BCUT2D eigenvalue weighted by Gasteiger charge is -2.08. The van der Waals surface area contributed by atoms with Crippen molar-refractivity contribution in [2.45, 2.75) is 19.3 Å². The number of rotatable bonds is 8. The summed E-state index contributed by atoms with van der Waals surface area (Å²) in [6.07, 6.45) is 0.688. The lowest BCUT2D eigenvalue weighted by Crippen LogP contribution is -2.19. The van der Waals surface area contributed by atoms with Gasteiger partial charge >= 0.3 is 0 Å². The minimum Gasteiger partial charge on any atom is -0.355 e. The highest BCUT2D eigenvalue weighted by Crippen LogP contribution is 2.13. The predicted octanol–water partition coefficient (Wildman–Crippen LogP) is 2.15. The van der Waals surface area contributed by atoms with Crippen LogP contribution in [0.25, 0.3) is 0 Å². The molecule has 152 valence electrons. The van der Waals surface area contributed by atoms with Crippen molar-refractivity contribution < 1.29 is 19.2 Å². The third-order valence-electron chi connectivity index (χ3n) is 4.08. The van der Waals surface area contributed by atoms with Gasteiger partial charge in [0.05, 0.1) is 0 Å². The van der Waals surface area contributed by atoms with Gasteiger partial charge in [0.1, 0.15) is 0 Å². The first-order valence-corrected chi connectivity index (χ1v) is 9.17. The van der Waals surface area contributed by atoms with Gasteiger partial charge in [0, 0.05) is 49.4 Å². The Hall–Kier alpha value is -3.68. The van der Waals surface area contributed by atoms with E-state index < -0.39 is 0 Å². The van der Waals surface area contributed by atoms with Gasteiger partial charge in [0.25, 0.3) is 11.8 Å². The fourth-order valence-electron chi connectivity index (χ4n) is 2.62. The molecule has 0 bridgehead atoms. The molecule has 0 aromatic heterocycles. The van der Waals surface area contributed by atoms with E-state index in [1.807, 2.05) is 0 Å². The van der Waals surface area contributed by atoms with Crippen LogP contribution in [-0.2, 0) is 9.59 Å². The molecule has 0 unspecified atom stereocenters. The van der Waals surface area contributed by atoms with E-state index in [0.29, 0.717) is 28.9 Å². The molecule has 0 aliphatic rings. The number of nitrogens with one attached hydrogen (secondary N) is 4. The van der Waals surface area contributed by atoms with Crippen LogP contribution in [0.15, 0.2) is 48.5 Å². The molecule has 0 heterocycles. The zero-order valence-electron chi connectivity index (χ0n) is 16.4. The molecular weight excluding hydrogens is 372 g/mol. The molecule has 0 aliphatic heterocycles. The molecule has 2 rings (SSSR count). The molecule has 0 aliphatic carbocycles. The van der Waals surface area contributed by atoms with Crippen LogP contribution in [0.5, 0.6) is 0 Å². The summed E-state index contributed by atoms with van der Waals surface area (Å²) >= 11 is 0. The second kappa shape index (κ2) is 10.6. The Balaban J connectivity index is 1.79. The van der Waals surface area contributed by atoms with Crippen LogP contribution in [0.3, 0.4) is 0 Å². The van der Waals surface area contributed by atoms with Crippen molar-refractivity contribution in [3.63, 3.8) is 0 Å². The summed E-state index contributed by atoms with van der Waals surface area (Å²) in [6, 6.07) is 13.2. The SMILES string of the molecule is CNC(=O)c1cccc(NC(=O)CCCC(=O)Nc2cccc(C(=O)NC)c2)c1. The van der Waals surface area contributed by atoms with Crippen LogP contribution >= 0.6 is 0 Å². The number of benzene rings is 2. The zero-order valence-corrected chi connectivity index (χ0v) is 16.4. The van der Waals surface area contributed by atoms with Gasteiger partial charge in [0.2, 0.25) is 11.8 Å². The Bertz CT molecular complexity index is 838. The Morgan fingerprint density at radius 3 is 1.48 bits per heavy atom. The van der Waals surface area contributed by atoms with Gasteiger partial charge in [-0.25, -0.2) is 0 Å². The monoisotopic (exact) mass is 396 g/mol. The largest absolute Gasteiger partial charge is 0.355 e. The van der Waals surface area contributed by atoms with Crippen LogP contribution in [0, 0.1) is 0 Å². The highest BCUT2D eigenvalue weighted by atomic mass is 16.2. The van der Waals surface area contributed by atoms with Gasteiger partial charge in [-0.05, 0) is 42.8 Å². The standard InChI is InChI=1S/C21H24N4O4/c1-22-20(28)14-6-3-8-16(12-14)24-18(26)10-5-11-19(27)25-17-9-4-7-15(13-17)21(29)23-2/h3-4,6-9,12-13H,5,10-11H2,1-2H3,(H,22,28)(H,23,29)(H,24,26)(H,25,27). The Morgan fingerprint density at radius 2 is 1.10 bits per heavy atom. The van der Waals surface area contributed by atoms with Crippen LogP contribution < -0.4 is 21.3 Å². The minimum absolute atomic E-state index is 0.163. The first-order chi connectivity index (χ1) is 13.9.